The predicted octanol–water partition coefficient (Wildman–Crippen LogP) is 2.50. The molecule has 1 amide bonds. The standard InChI is InChI=1S/C22H21N3O5S2/c1-5-13-25-18-12-9-16(21(27)30-6-2)14-19(18)31-22(25)23-20(26)15-7-10-17(11-8-15)32(28,29)24(3)4/h1,7-12,14H,6,13H2,2-4H3. The summed E-state index contributed by atoms with van der Waals surface area (Å²) in [6.45, 7) is 2.18. The molecule has 0 atom stereocenters. The maximum Gasteiger partial charge on any atom is 0.338 e. The molecule has 32 heavy (non-hydrogen) atoms. The van der Waals surface area contributed by atoms with Crippen LogP contribution in [0.5, 0.6) is 0 Å². The van der Waals surface area contributed by atoms with E-state index >= 15 is 0 Å². The molecule has 3 rings (SSSR count). The van der Waals surface area contributed by atoms with E-state index in [1.54, 1.807) is 29.7 Å². The van der Waals surface area contributed by atoms with Gasteiger partial charge >= 0.3 is 5.97 Å². The first-order valence-corrected chi connectivity index (χ1v) is 11.8. The summed E-state index contributed by atoms with van der Waals surface area (Å²) in [5.41, 5.74) is 1.36. The van der Waals surface area contributed by atoms with Gasteiger partial charge in [-0.05, 0) is 49.4 Å². The molecule has 2 aromatic carbocycles. The minimum atomic E-state index is -3.60. The fourth-order valence-corrected chi connectivity index (χ4v) is 4.84. The van der Waals surface area contributed by atoms with Crippen LogP contribution in [0, 0.1) is 12.3 Å². The Labute approximate surface area is 189 Å². The van der Waals surface area contributed by atoms with Crippen molar-refractivity contribution < 1.29 is 22.7 Å². The van der Waals surface area contributed by atoms with Gasteiger partial charge in [0.25, 0.3) is 5.91 Å². The zero-order valence-electron chi connectivity index (χ0n) is 17.7. The van der Waals surface area contributed by atoms with Crippen LogP contribution >= 0.6 is 11.3 Å². The maximum atomic E-state index is 12.7. The number of carbonyl (C=O) groups is 2. The molecule has 0 aliphatic rings. The van der Waals surface area contributed by atoms with E-state index in [0.717, 1.165) is 14.5 Å². The Morgan fingerprint density at radius 1 is 1.16 bits per heavy atom. The molecule has 0 unspecified atom stereocenters. The van der Waals surface area contributed by atoms with Gasteiger partial charge in [0.2, 0.25) is 10.0 Å². The van der Waals surface area contributed by atoms with Crippen LogP contribution in [0.25, 0.3) is 10.2 Å². The number of nitrogens with zero attached hydrogens (tertiary/aromatic N) is 3. The molecule has 0 bridgehead atoms. The molecule has 166 valence electrons. The molecule has 0 fully saturated rings. The predicted molar refractivity (Wildman–Crippen MR) is 122 cm³/mol. The van der Waals surface area contributed by atoms with Gasteiger partial charge in [0.05, 0.1) is 33.8 Å². The van der Waals surface area contributed by atoms with E-state index in [1.165, 1.54) is 49.7 Å². The van der Waals surface area contributed by atoms with Crippen molar-refractivity contribution in [1.29, 1.82) is 0 Å². The molecule has 0 N–H and O–H groups in total. The molecule has 3 aromatic rings. The van der Waals surface area contributed by atoms with E-state index < -0.39 is 21.9 Å². The second kappa shape index (κ2) is 9.48. The summed E-state index contributed by atoms with van der Waals surface area (Å²) in [4.78, 5) is 29.4. The Balaban J connectivity index is 2.03. The molecule has 1 heterocycles. The number of amides is 1. The minimum absolute atomic E-state index is 0.0785. The van der Waals surface area contributed by atoms with Crippen molar-refractivity contribution in [2.45, 2.75) is 18.4 Å². The van der Waals surface area contributed by atoms with Gasteiger partial charge in [0.1, 0.15) is 0 Å². The zero-order chi connectivity index (χ0) is 23.5. The van der Waals surface area contributed by atoms with E-state index in [9.17, 15) is 18.0 Å². The van der Waals surface area contributed by atoms with Crippen LogP contribution in [0.15, 0.2) is 52.4 Å². The number of carbonyl (C=O) groups excluding carboxylic acids is 2. The van der Waals surface area contributed by atoms with Crippen LogP contribution < -0.4 is 4.80 Å². The number of aromatic nitrogens is 1. The SMILES string of the molecule is C#CCn1c(=NC(=O)c2ccc(S(=O)(=O)N(C)C)cc2)sc2cc(C(=O)OCC)ccc21. The number of sulfonamides is 1. The Morgan fingerprint density at radius 3 is 2.41 bits per heavy atom. The number of fused-ring (bicyclic) bond motifs is 1. The Kier molecular flexibility index (Phi) is 6.93. The number of rotatable bonds is 6. The van der Waals surface area contributed by atoms with Crippen LogP contribution in [0.3, 0.4) is 0 Å². The van der Waals surface area contributed by atoms with Gasteiger partial charge in [0.15, 0.2) is 4.80 Å². The van der Waals surface area contributed by atoms with Crippen molar-refractivity contribution in [3.05, 3.63) is 58.4 Å². The lowest BCUT2D eigenvalue weighted by atomic mass is 10.2. The summed E-state index contributed by atoms with van der Waals surface area (Å²) < 4.78 is 33.0. The van der Waals surface area contributed by atoms with Gasteiger partial charge in [-0.15, -0.1) is 6.42 Å². The molecule has 10 heteroatoms. The molecular weight excluding hydrogens is 450 g/mol. The third kappa shape index (κ3) is 4.65. The van der Waals surface area contributed by atoms with E-state index in [4.69, 9.17) is 11.2 Å². The summed E-state index contributed by atoms with van der Waals surface area (Å²) in [7, 11) is -0.729. The van der Waals surface area contributed by atoms with Crippen molar-refractivity contribution in [2.75, 3.05) is 20.7 Å². The lowest BCUT2D eigenvalue weighted by Crippen LogP contribution is -2.22. The van der Waals surface area contributed by atoms with Gasteiger partial charge < -0.3 is 9.30 Å². The van der Waals surface area contributed by atoms with Crippen molar-refractivity contribution in [1.82, 2.24) is 8.87 Å². The van der Waals surface area contributed by atoms with Crippen LogP contribution in [0.4, 0.5) is 0 Å². The van der Waals surface area contributed by atoms with E-state index in [0.29, 0.717) is 10.4 Å². The van der Waals surface area contributed by atoms with E-state index in [2.05, 4.69) is 10.9 Å². The average Bonchev–Trinajstić information content (AvgIpc) is 3.10. The van der Waals surface area contributed by atoms with Gasteiger partial charge in [-0.25, -0.2) is 17.5 Å². The fraction of sp³-hybridized carbons (Fsp3) is 0.227. The highest BCUT2D eigenvalue weighted by atomic mass is 32.2. The summed E-state index contributed by atoms with van der Waals surface area (Å²) in [5.74, 6) is 1.57. The highest BCUT2D eigenvalue weighted by Gasteiger charge is 2.18. The molecule has 0 saturated carbocycles. The number of benzene rings is 2. The fourth-order valence-electron chi connectivity index (χ4n) is 2.88. The van der Waals surface area contributed by atoms with Crippen LogP contribution in [0.2, 0.25) is 0 Å². The molecule has 0 aliphatic carbocycles. The van der Waals surface area contributed by atoms with Crippen molar-refractivity contribution >= 4 is 43.5 Å². The molecule has 0 aliphatic heterocycles. The van der Waals surface area contributed by atoms with E-state index in [-0.39, 0.29) is 23.6 Å². The first kappa shape index (κ1) is 23.4. The minimum Gasteiger partial charge on any atom is -0.462 e. The summed E-state index contributed by atoms with van der Waals surface area (Å²) >= 11 is 1.22. The van der Waals surface area contributed by atoms with Gasteiger partial charge in [-0.1, -0.05) is 17.3 Å². The lowest BCUT2D eigenvalue weighted by molar-refractivity contribution is 0.0526. The molecule has 0 spiro atoms. The smallest absolute Gasteiger partial charge is 0.338 e. The first-order chi connectivity index (χ1) is 15.2. The lowest BCUT2D eigenvalue weighted by Gasteiger charge is -2.11. The summed E-state index contributed by atoms with van der Waals surface area (Å²) in [5, 5.41) is 0. The number of hydrogen-bond acceptors (Lipinski definition) is 6. The quantitative estimate of drug-likeness (QED) is 0.406. The summed E-state index contributed by atoms with van der Waals surface area (Å²) in [6, 6.07) is 10.6. The van der Waals surface area contributed by atoms with Crippen LogP contribution in [-0.2, 0) is 21.3 Å². The van der Waals surface area contributed by atoms with Gasteiger partial charge in [0, 0.05) is 19.7 Å². The van der Waals surface area contributed by atoms with E-state index in [1.807, 2.05) is 0 Å². The second-order valence-corrected chi connectivity index (χ2v) is 9.97. The normalized spacial score (nSPS) is 12.2. The van der Waals surface area contributed by atoms with Crippen molar-refractivity contribution in [2.24, 2.45) is 4.99 Å². The maximum absolute atomic E-state index is 12.7. The third-order valence-corrected chi connectivity index (χ3v) is 7.39. The van der Waals surface area contributed by atoms with Gasteiger partial charge in [-0.3, -0.25) is 4.79 Å². The molecule has 8 nitrogen and oxygen atoms in total. The average molecular weight is 472 g/mol. The number of ether oxygens (including phenoxy) is 1. The molecular formula is C22H21N3O5S2. The number of thiazole rings is 1. The van der Waals surface area contributed by atoms with Crippen LogP contribution in [-0.4, -0.2) is 49.9 Å². The monoisotopic (exact) mass is 471 g/mol. The first-order valence-electron chi connectivity index (χ1n) is 9.54. The Bertz CT molecular complexity index is 1390. The number of esters is 1. The topological polar surface area (TPSA) is 98.0 Å². The van der Waals surface area contributed by atoms with Crippen molar-refractivity contribution in [3.63, 3.8) is 0 Å². The Morgan fingerprint density at radius 2 is 1.81 bits per heavy atom. The number of hydrogen-bond donors (Lipinski definition) is 0. The summed E-state index contributed by atoms with van der Waals surface area (Å²) in [6.07, 6.45) is 5.49. The van der Waals surface area contributed by atoms with Crippen LogP contribution in [0.1, 0.15) is 27.6 Å². The van der Waals surface area contributed by atoms with Gasteiger partial charge in [-0.2, -0.15) is 4.99 Å². The highest BCUT2D eigenvalue weighted by Crippen LogP contribution is 2.20. The third-order valence-electron chi connectivity index (χ3n) is 4.52. The Hall–Kier alpha value is -3.26. The largest absolute Gasteiger partial charge is 0.462 e. The second-order valence-electron chi connectivity index (χ2n) is 6.81. The van der Waals surface area contributed by atoms with Crippen molar-refractivity contribution in [3.8, 4) is 12.3 Å². The molecule has 1 aromatic heterocycles. The molecule has 0 radical (unpaired) electrons. The zero-order valence-corrected chi connectivity index (χ0v) is 19.4. The number of terminal acetylenes is 1. The molecule has 0 saturated heterocycles. The highest BCUT2D eigenvalue weighted by molar-refractivity contribution is 7.89.